The van der Waals surface area contributed by atoms with Crippen molar-refractivity contribution in [2.24, 2.45) is 0 Å². The smallest absolute Gasteiger partial charge is 0.145 e. The largest absolute Gasteiger partial charge is 0.497 e. The Bertz CT molecular complexity index is 499. The molecule has 0 saturated heterocycles. The molecule has 0 aliphatic heterocycles. The van der Waals surface area contributed by atoms with Crippen LogP contribution in [0.4, 0.5) is 0 Å². The number of benzene rings is 1. The highest BCUT2D eigenvalue weighted by Gasteiger charge is 2.07. The van der Waals surface area contributed by atoms with Gasteiger partial charge in [0.2, 0.25) is 0 Å². The molecule has 0 unspecified atom stereocenters. The molecule has 0 spiro atoms. The number of ether oxygens (including phenoxy) is 2. The molecule has 0 fully saturated rings. The van der Waals surface area contributed by atoms with Gasteiger partial charge in [0, 0.05) is 10.8 Å². The topological polar surface area (TPSA) is 31.4 Å². The number of hydrogen-bond donors (Lipinski definition) is 0. The Hall–Kier alpha value is -1.48. The lowest BCUT2D eigenvalue weighted by Crippen LogP contribution is -1.89. The number of pyridine rings is 1. The zero-order valence-corrected chi connectivity index (χ0v) is 9.21. The van der Waals surface area contributed by atoms with Gasteiger partial charge in [-0.3, -0.25) is 0 Å². The molecule has 0 aliphatic rings. The number of halogens is 1. The Kier molecular flexibility index (Phi) is 2.64. The molecule has 0 bridgehead atoms. The molecule has 0 saturated carbocycles. The summed E-state index contributed by atoms with van der Waals surface area (Å²) in [5, 5.41) is 2.21. The van der Waals surface area contributed by atoms with Crippen molar-refractivity contribution in [3.8, 4) is 11.5 Å². The molecule has 1 aromatic heterocycles. The fraction of sp³-hybridized carbons (Fsp3) is 0.182. The van der Waals surface area contributed by atoms with Crippen molar-refractivity contribution in [3.63, 3.8) is 0 Å². The van der Waals surface area contributed by atoms with Crippen molar-refractivity contribution in [2.75, 3.05) is 14.2 Å². The third-order valence-electron chi connectivity index (χ3n) is 2.23. The zero-order valence-electron chi connectivity index (χ0n) is 8.45. The Morgan fingerprint density at radius 3 is 2.60 bits per heavy atom. The normalized spacial score (nSPS) is 10.3. The number of rotatable bonds is 2. The molecule has 0 amide bonds. The summed E-state index contributed by atoms with van der Waals surface area (Å²) in [5.41, 5.74) is 0. The summed E-state index contributed by atoms with van der Waals surface area (Å²) in [5.74, 6) is 1.46. The van der Waals surface area contributed by atoms with Gasteiger partial charge in [-0.15, -0.1) is 0 Å². The van der Waals surface area contributed by atoms with Crippen LogP contribution in [0.5, 0.6) is 11.5 Å². The monoisotopic (exact) mass is 223 g/mol. The first-order valence-corrected chi connectivity index (χ1v) is 4.80. The van der Waals surface area contributed by atoms with Crippen LogP contribution in [0.15, 0.2) is 24.4 Å². The van der Waals surface area contributed by atoms with E-state index in [1.807, 2.05) is 18.2 Å². The summed E-state index contributed by atoms with van der Waals surface area (Å²) in [6, 6.07) is 5.61. The van der Waals surface area contributed by atoms with Crippen molar-refractivity contribution in [2.45, 2.75) is 0 Å². The van der Waals surface area contributed by atoms with Gasteiger partial charge >= 0.3 is 0 Å². The minimum absolute atomic E-state index is 0.449. The maximum atomic E-state index is 5.99. The van der Waals surface area contributed by atoms with Gasteiger partial charge in [-0.1, -0.05) is 11.6 Å². The van der Waals surface area contributed by atoms with Crippen LogP contribution in [-0.2, 0) is 0 Å². The van der Waals surface area contributed by atoms with E-state index in [1.54, 1.807) is 20.4 Å². The third-order valence-corrected chi connectivity index (χ3v) is 2.53. The van der Waals surface area contributed by atoms with Crippen LogP contribution in [0.25, 0.3) is 10.8 Å². The second-order valence-corrected chi connectivity index (χ2v) is 3.39. The highest BCUT2D eigenvalue weighted by atomic mass is 35.5. The summed E-state index contributed by atoms with van der Waals surface area (Å²) in [4.78, 5) is 4.04. The van der Waals surface area contributed by atoms with Crippen LogP contribution in [-0.4, -0.2) is 19.2 Å². The standard InChI is InChI=1S/C11H10ClNO2/c1-14-7-3-4-8-9(5-7)11(12)13-6-10(8)15-2/h3-6H,1-2H3. The Balaban J connectivity index is 2.75. The van der Waals surface area contributed by atoms with Gasteiger partial charge in [0.05, 0.1) is 20.4 Å². The van der Waals surface area contributed by atoms with E-state index in [-0.39, 0.29) is 0 Å². The number of nitrogens with zero attached hydrogens (tertiary/aromatic N) is 1. The van der Waals surface area contributed by atoms with Crippen LogP contribution in [0.3, 0.4) is 0 Å². The molecule has 3 nitrogen and oxygen atoms in total. The van der Waals surface area contributed by atoms with Crippen LogP contribution >= 0.6 is 11.6 Å². The summed E-state index contributed by atoms with van der Waals surface area (Å²) in [7, 11) is 3.22. The number of hydrogen-bond acceptors (Lipinski definition) is 3. The quantitative estimate of drug-likeness (QED) is 0.734. The first-order chi connectivity index (χ1) is 7.26. The van der Waals surface area contributed by atoms with Gasteiger partial charge in [0.1, 0.15) is 16.7 Å². The van der Waals surface area contributed by atoms with Crippen molar-refractivity contribution in [3.05, 3.63) is 29.5 Å². The maximum Gasteiger partial charge on any atom is 0.145 e. The molecule has 4 heteroatoms. The van der Waals surface area contributed by atoms with Gasteiger partial charge in [-0.25, -0.2) is 4.98 Å². The predicted molar refractivity (Wildman–Crippen MR) is 59.9 cm³/mol. The lowest BCUT2D eigenvalue weighted by atomic mass is 10.1. The first-order valence-electron chi connectivity index (χ1n) is 4.42. The zero-order chi connectivity index (χ0) is 10.8. The highest BCUT2D eigenvalue weighted by molar-refractivity contribution is 6.34. The fourth-order valence-corrected chi connectivity index (χ4v) is 1.66. The molecule has 1 aromatic carbocycles. The van der Waals surface area contributed by atoms with Gasteiger partial charge in [-0.2, -0.15) is 0 Å². The lowest BCUT2D eigenvalue weighted by Gasteiger charge is -2.07. The Morgan fingerprint density at radius 1 is 1.13 bits per heavy atom. The summed E-state index contributed by atoms with van der Waals surface area (Å²) < 4.78 is 10.3. The summed E-state index contributed by atoms with van der Waals surface area (Å²) >= 11 is 5.99. The second kappa shape index (κ2) is 3.95. The Labute approximate surface area is 92.6 Å². The van der Waals surface area contributed by atoms with E-state index < -0.39 is 0 Å². The molecule has 78 valence electrons. The molecule has 0 radical (unpaired) electrons. The van der Waals surface area contributed by atoms with Crippen molar-refractivity contribution in [1.82, 2.24) is 4.98 Å². The predicted octanol–water partition coefficient (Wildman–Crippen LogP) is 2.91. The summed E-state index contributed by atoms with van der Waals surface area (Å²) in [6.45, 7) is 0. The highest BCUT2D eigenvalue weighted by Crippen LogP contribution is 2.31. The minimum Gasteiger partial charge on any atom is -0.497 e. The van der Waals surface area contributed by atoms with E-state index >= 15 is 0 Å². The van der Waals surface area contributed by atoms with Crippen molar-refractivity contribution < 1.29 is 9.47 Å². The molecule has 2 rings (SSSR count). The van der Waals surface area contributed by atoms with Crippen LogP contribution < -0.4 is 9.47 Å². The van der Waals surface area contributed by atoms with Crippen molar-refractivity contribution in [1.29, 1.82) is 0 Å². The van der Waals surface area contributed by atoms with E-state index in [0.717, 1.165) is 16.5 Å². The van der Waals surface area contributed by atoms with E-state index in [1.165, 1.54) is 0 Å². The van der Waals surface area contributed by atoms with E-state index in [9.17, 15) is 0 Å². The minimum atomic E-state index is 0.449. The molecule has 0 atom stereocenters. The van der Waals surface area contributed by atoms with Crippen LogP contribution in [0.1, 0.15) is 0 Å². The maximum absolute atomic E-state index is 5.99. The first kappa shape index (κ1) is 10.1. The molecular formula is C11H10ClNO2. The molecule has 0 N–H and O–H groups in total. The van der Waals surface area contributed by atoms with E-state index in [0.29, 0.717) is 10.9 Å². The molecule has 15 heavy (non-hydrogen) atoms. The lowest BCUT2D eigenvalue weighted by molar-refractivity contribution is 0.414. The van der Waals surface area contributed by atoms with E-state index in [4.69, 9.17) is 21.1 Å². The van der Waals surface area contributed by atoms with Crippen molar-refractivity contribution >= 4 is 22.4 Å². The third kappa shape index (κ3) is 1.70. The molecule has 0 aliphatic carbocycles. The molecular weight excluding hydrogens is 214 g/mol. The number of aromatic nitrogens is 1. The van der Waals surface area contributed by atoms with Gasteiger partial charge < -0.3 is 9.47 Å². The average molecular weight is 224 g/mol. The second-order valence-electron chi connectivity index (χ2n) is 3.03. The average Bonchev–Trinajstić information content (AvgIpc) is 2.29. The Morgan fingerprint density at radius 2 is 1.93 bits per heavy atom. The molecule has 2 aromatic rings. The molecule has 1 heterocycles. The van der Waals surface area contributed by atoms with Crippen LogP contribution in [0, 0.1) is 0 Å². The van der Waals surface area contributed by atoms with Gasteiger partial charge in [-0.05, 0) is 18.2 Å². The van der Waals surface area contributed by atoms with E-state index in [2.05, 4.69) is 4.98 Å². The number of methoxy groups -OCH3 is 2. The van der Waals surface area contributed by atoms with Gasteiger partial charge in [0.25, 0.3) is 0 Å². The SMILES string of the molecule is COc1ccc2c(OC)cnc(Cl)c2c1. The summed E-state index contributed by atoms with van der Waals surface area (Å²) in [6.07, 6.45) is 1.61. The van der Waals surface area contributed by atoms with Gasteiger partial charge in [0.15, 0.2) is 0 Å². The fourth-order valence-electron chi connectivity index (χ4n) is 1.45. The van der Waals surface area contributed by atoms with Crippen LogP contribution in [0.2, 0.25) is 5.15 Å². The number of fused-ring (bicyclic) bond motifs is 1.